The number of ether oxygens (including phenoxy) is 2. The topological polar surface area (TPSA) is 85.2 Å². The molecule has 6 heteroatoms. The Morgan fingerprint density at radius 2 is 1.68 bits per heavy atom. The van der Waals surface area contributed by atoms with E-state index in [0.29, 0.717) is 17.9 Å². The van der Waals surface area contributed by atoms with Crippen LogP contribution in [0.25, 0.3) is 0 Å². The van der Waals surface area contributed by atoms with Crippen LogP contribution in [0.5, 0.6) is 11.5 Å². The van der Waals surface area contributed by atoms with Crippen LogP contribution in [0.2, 0.25) is 0 Å². The van der Waals surface area contributed by atoms with E-state index < -0.39 is 5.78 Å². The third kappa shape index (κ3) is 3.73. The van der Waals surface area contributed by atoms with Crippen LogP contribution in [-0.2, 0) is 0 Å². The van der Waals surface area contributed by atoms with Crippen LogP contribution in [-0.4, -0.2) is 36.7 Å². The number of carbonyl (C=O) groups is 2. The largest absolute Gasteiger partial charge is 0.496 e. The van der Waals surface area contributed by atoms with Crippen molar-refractivity contribution in [1.82, 2.24) is 0 Å². The SMILES string of the molecule is CCCCCC/C(=N\O)C1=CC(=O)c2c(OC)ccc(OC)c2C1=O. The van der Waals surface area contributed by atoms with Crippen LogP contribution < -0.4 is 9.47 Å². The fraction of sp³-hybridized carbons (Fsp3) is 0.421. The van der Waals surface area contributed by atoms with Crippen LogP contribution in [0.3, 0.4) is 0 Å². The second-order valence-electron chi connectivity index (χ2n) is 5.83. The van der Waals surface area contributed by atoms with Crippen molar-refractivity contribution in [2.45, 2.75) is 39.0 Å². The van der Waals surface area contributed by atoms with Crippen molar-refractivity contribution >= 4 is 17.3 Å². The molecule has 0 bridgehead atoms. The molecule has 0 saturated carbocycles. The van der Waals surface area contributed by atoms with Gasteiger partial charge in [-0.05, 0) is 31.1 Å². The number of carbonyl (C=O) groups excluding carboxylic acids is 2. The molecule has 0 aromatic heterocycles. The molecule has 0 spiro atoms. The van der Waals surface area contributed by atoms with Gasteiger partial charge in [0.05, 0.1) is 36.6 Å². The summed E-state index contributed by atoms with van der Waals surface area (Å²) in [5, 5.41) is 12.6. The molecule has 25 heavy (non-hydrogen) atoms. The van der Waals surface area contributed by atoms with Gasteiger partial charge in [-0.1, -0.05) is 31.3 Å². The molecule has 2 rings (SSSR count). The molecule has 1 N–H and O–H groups in total. The molecule has 0 amide bonds. The van der Waals surface area contributed by atoms with E-state index in [4.69, 9.17) is 9.47 Å². The smallest absolute Gasteiger partial charge is 0.199 e. The average molecular weight is 345 g/mol. The van der Waals surface area contributed by atoms with Gasteiger partial charge in [0.1, 0.15) is 11.5 Å². The third-order valence-corrected chi connectivity index (χ3v) is 4.26. The Morgan fingerprint density at radius 3 is 2.24 bits per heavy atom. The number of nitrogens with zero attached hydrogens (tertiary/aromatic N) is 1. The van der Waals surface area contributed by atoms with Gasteiger partial charge < -0.3 is 14.7 Å². The van der Waals surface area contributed by atoms with Gasteiger partial charge in [0, 0.05) is 0 Å². The molecule has 6 nitrogen and oxygen atoms in total. The van der Waals surface area contributed by atoms with E-state index >= 15 is 0 Å². The first-order valence-corrected chi connectivity index (χ1v) is 8.36. The number of unbranched alkanes of at least 4 members (excludes halogenated alkanes) is 3. The lowest BCUT2D eigenvalue weighted by molar-refractivity contribution is 0.0983. The van der Waals surface area contributed by atoms with Gasteiger partial charge in [-0.15, -0.1) is 0 Å². The maximum Gasteiger partial charge on any atom is 0.199 e. The van der Waals surface area contributed by atoms with E-state index in [1.54, 1.807) is 12.1 Å². The summed E-state index contributed by atoms with van der Waals surface area (Å²) in [6.07, 6.45) is 5.56. The molecule has 0 radical (unpaired) electrons. The van der Waals surface area contributed by atoms with Crippen molar-refractivity contribution in [3.05, 3.63) is 34.9 Å². The van der Waals surface area contributed by atoms with Crippen molar-refractivity contribution in [3.63, 3.8) is 0 Å². The summed E-state index contributed by atoms with van der Waals surface area (Å²) in [5.41, 5.74) is 0.672. The molecule has 0 fully saturated rings. The second-order valence-corrected chi connectivity index (χ2v) is 5.83. The molecule has 0 unspecified atom stereocenters. The molecule has 1 aliphatic carbocycles. The monoisotopic (exact) mass is 345 g/mol. The maximum atomic E-state index is 13.0. The quantitative estimate of drug-likeness (QED) is 0.335. The zero-order chi connectivity index (χ0) is 18.4. The summed E-state index contributed by atoms with van der Waals surface area (Å²) in [6, 6.07) is 3.18. The van der Waals surface area contributed by atoms with E-state index in [0.717, 1.165) is 25.7 Å². The summed E-state index contributed by atoms with van der Waals surface area (Å²) in [4.78, 5) is 25.5. The fourth-order valence-electron chi connectivity index (χ4n) is 2.95. The molecule has 0 saturated heterocycles. The van der Waals surface area contributed by atoms with Gasteiger partial charge in [0.25, 0.3) is 0 Å². The number of hydrogen-bond acceptors (Lipinski definition) is 6. The third-order valence-electron chi connectivity index (χ3n) is 4.26. The predicted molar refractivity (Wildman–Crippen MR) is 94.3 cm³/mol. The molecule has 1 aromatic rings. The first kappa shape index (κ1) is 18.7. The second kappa shape index (κ2) is 8.46. The lowest BCUT2D eigenvalue weighted by Crippen LogP contribution is -2.23. The number of fused-ring (bicyclic) bond motifs is 1. The first-order chi connectivity index (χ1) is 12.1. The first-order valence-electron chi connectivity index (χ1n) is 8.36. The number of rotatable bonds is 8. The summed E-state index contributed by atoms with van der Waals surface area (Å²) in [6.45, 7) is 2.10. The molecule has 1 aromatic carbocycles. The zero-order valence-corrected chi connectivity index (χ0v) is 14.8. The molecule has 0 aliphatic heterocycles. The standard InChI is InChI=1S/C19H23NO5/c1-4-5-6-7-8-13(20-23)12-11-14(21)17-15(24-2)9-10-16(25-3)18(17)19(12)22/h9-11,23H,4-8H2,1-3H3/b20-13+. The lowest BCUT2D eigenvalue weighted by atomic mass is 9.85. The Morgan fingerprint density at radius 1 is 1.04 bits per heavy atom. The minimum Gasteiger partial charge on any atom is -0.496 e. The Hall–Kier alpha value is -2.63. The Bertz CT molecular complexity index is 734. The van der Waals surface area contributed by atoms with Gasteiger partial charge in [0.15, 0.2) is 11.6 Å². The molecule has 0 atom stereocenters. The van der Waals surface area contributed by atoms with E-state index in [-0.39, 0.29) is 28.2 Å². The van der Waals surface area contributed by atoms with Crippen molar-refractivity contribution in [3.8, 4) is 11.5 Å². The van der Waals surface area contributed by atoms with E-state index in [9.17, 15) is 14.8 Å². The molecular formula is C19H23NO5. The zero-order valence-electron chi connectivity index (χ0n) is 14.8. The Kier molecular flexibility index (Phi) is 6.33. The van der Waals surface area contributed by atoms with Gasteiger partial charge >= 0.3 is 0 Å². The summed E-state index contributed by atoms with van der Waals surface area (Å²) < 4.78 is 10.5. The summed E-state index contributed by atoms with van der Waals surface area (Å²) in [5.74, 6) is -0.151. The van der Waals surface area contributed by atoms with Gasteiger partial charge in [-0.3, -0.25) is 9.59 Å². The Labute approximate surface area is 147 Å². The van der Waals surface area contributed by atoms with Crippen LogP contribution in [0, 0.1) is 0 Å². The minimum absolute atomic E-state index is 0.114. The lowest BCUT2D eigenvalue weighted by Gasteiger charge is -2.20. The predicted octanol–water partition coefficient (Wildman–Crippen LogP) is 3.81. The van der Waals surface area contributed by atoms with Crippen molar-refractivity contribution in [2.75, 3.05) is 14.2 Å². The number of benzene rings is 1. The van der Waals surface area contributed by atoms with Gasteiger partial charge in [-0.25, -0.2) is 0 Å². The number of oxime groups is 1. The summed E-state index contributed by atoms with van der Waals surface area (Å²) in [7, 11) is 2.87. The number of allylic oxidation sites excluding steroid dienone is 2. The van der Waals surface area contributed by atoms with Crippen LogP contribution in [0.15, 0.2) is 28.9 Å². The van der Waals surface area contributed by atoms with Crippen molar-refractivity contribution < 1.29 is 24.3 Å². The number of methoxy groups -OCH3 is 2. The molecule has 1 aliphatic rings. The van der Waals surface area contributed by atoms with Crippen molar-refractivity contribution in [2.24, 2.45) is 5.16 Å². The number of hydrogen-bond donors (Lipinski definition) is 1. The highest BCUT2D eigenvalue weighted by molar-refractivity contribution is 6.37. The highest BCUT2D eigenvalue weighted by atomic mass is 16.5. The van der Waals surface area contributed by atoms with Gasteiger partial charge in [0.2, 0.25) is 0 Å². The Balaban J connectivity index is 2.40. The van der Waals surface area contributed by atoms with E-state index in [1.807, 2.05) is 0 Å². The van der Waals surface area contributed by atoms with Gasteiger partial charge in [-0.2, -0.15) is 0 Å². The van der Waals surface area contributed by atoms with Crippen LogP contribution in [0.1, 0.15) is 59.7 Å². The van der Waals surface area contributed by atoms with Crippen LogP contribution in [0.4, 0.5) is 0 Å². The number of Topliss-reactive ketones (excluding diaryl/α,β-unsaturated/α-hetero) is 1. The highest BCUT2D eigenvalue weighted by Crippen LogP contribution is 2.36. The molecule has 134 valence electrons. The maximum absolute atomic E-state index is 13.0. The van der Waals surface area contributed by atoms with Crippen molar-refractivity contribution in [1.29, 1.82) is 0 Å². The normalized spacial score (nSPS) is 14.2. The van der Waals surface area contributed by atoms with E-state index in [2.05, 4.69) is 12.1 Å². The van der Waals surface area contributed by atoms with E-state index in [1.165, 1.54) is 20.3 Å². The van der Waals surface area contributed by atoms with Crippen LogP contribution >= 0.6 is 0 Å². The minimum atomic E-state index is -0.395. The molecule has 0 heterocycles. The summed E-state index contributed by atoms with van der Waals surface area (Å²) >= 11 is 0. The fourth-order valence-corrected chi connectivity index (χ4v) is 2.95. The molecular weight excluding hydrogens is 322 g/mol. The highest BCUT2D eigenvalue weighted by Gasteiger charge is 2.33. The number of ketones is 2. The average Bonchev–Trinajstić information content (AvgIpc) is 2.64.